The number of anilines is 3. The Kier molecular flexibility index (Phi) is 4.92. The van der Waals surface area contributed by atoms with Gasteiger partial charge in [0.15, 0.2) is 0 Å². The van der Waals surface area contributed by atoms with Crippen LogP contribution in [0.4, 0.5) is 17.1 Å². The largest absolute Gasteiger partial charge is 0.310 e. The van der Waals surface area contributed by atoms with Crippen molar-refractivity contribution in [3.63, 3.8) is 0 Å². The van der Waals surface area contributed by atoms with E-state index in [1.807, 2.05) is 6.07 Å². The van der Waals surface area contributed by atoms with Crippen LogP contribution in [0, 0.1) is 0 Å². The van der Waals surface area contributed by atoms with Gasteiger partial charge < -0.3 is 4.90 Å². The van der Waals surface area contributed by atoms with Crippen LogP contribution < -0.4 is 4.90 Å². The molecule has 0 fully saturated rings. The molecule has 0 spiro atoms. The molecule has 6 rings (SSSR count). The zero-order valence-corrected chi connectivity index (χ0v) is 22.9. The number of hydrogen-bond acceptors (Lipinski definition) is 2. The summed E-state index contributed by atoms with van der Waals surface area (Å²) >= 11 is 0. The number of carbonyl (C=O) groups is 1. The third-order valence-electron chi connectivity index (χ3n) is 8.68. The van der Waals surface area contributed by atoms with Crippen LogP contribution in [0.25, 0.3) is 11.1 Å². The Morgan fingerprint density at radius 3 is 1.97 bits per heavy atom. The first kappa shape index (κ1) is 23.7. The maximum atomic E-state index is 11.6. The van der Waals surface area contributed by atoms with E-state index in [1.54, 1.807) is 0 Å². The quantitative estimate of drug-likeness (QED) is 0.264. The van der Waals surface area contributed by atoms with Crippen molar-refractivity contribution in [1.29, 1.82) is 0 Å². The lowest BCUT2D eigenvalue weighted by atomic mass is 9.71. The lowest BCUT2D eigenvalue weighted by Crippen LogP contribution is -2.31. The van der Waals surface area contributed by atoms with Crippen LogP contribution in [0.1, 0.15) is 86.6 Å². The first-order valence-corrected chi connectivity index (χ1v) is 13.2. The van der Waals surface area contributed by atoms with Crippen LogP contribution in [0.2, 0.25) is 0 Å². The monoisotopic (exact) mass is 485 g/mol. The Bertz CT molecular complexity index is 1560. The highest BCUT2D eigenvalue weighted by molar-refractivity contribution is 5.92. The van der Waals surface area contributed by atoms with Crippen molar-refractivity contribution in [2.24, 2.45) is 0 Å². The molecule has 4 aromatic carbocycles. The van der Waals surface area contributed by atoms with E-state index in [2.05, 4.69) is 126 Å². The predicted octanol–water partition coefficient (Wildman–Crippen LogP) is 9.21. The molecule has 2 aliphatic rings. The molecule has 0 amide bonds. The molecular weight excluding hydrogens is 450 g/mol. The fourth-order valence-corrected chi connectivity index (χ4v) is 6.41. The summed E-state index contributed by atoms with van der Waals surface area (Å²) < 4.78 is 0. The summed E-state index contributed by atoms with van der Waals surface area (Å²) in [5.41, 5.74) is 13.2. The van der Waals surface area contributed by atoms with Gasteiger partial charge in [-0.15, -0.1) is 0 Å². The first-order valence-electron chi connectivity index (χ1n) is 13.2. The number of aldehydes is 1. The van der Waals surface area contributed by atoms with Crippen LogP contribution >= 0.6 is 0 Å². The molecule has 0 bridgehead atoms. The average molecular weight is 486 g/mol. The molecule has 0 atom stereocenters. The zero-order chi connectivity index (χ0) is 26.3. The van der Waals surface area contributed by atoms with Gasteiger partial charge in [-0.25, -0.2) is 0 Å². The minimum atomic E-state index is -0.193. The van der Waals surface area contributed by atoms with Gasteiger partial charge in [0, 0.05) is 22.1 Å². The summed E-state index contributed by atoms with van der Waals surface area (Å²) in [6.07, 6.45) is 0.951. The number of fused-ring (bicyclic) bond motifs is 5. The van der Waals surface area contributed by atoms with Gasteiger partial charge in [0.1, 0.15) is 6.29 Å². The van der Waals surface area contributed by atoms with Crippen molar-refractivity contribution < 1.29 is 4.79 Å². The zero-order valence-electron chi connectivity index (χ0n) is 22.9. The van der Waals surface area contributed by atoms with E-state index in [1.165, 1.54) is 56.0 Å². The molecule has 4 aromatic rings. The molecule has 0 N–H and O–H groups in total. The summed E-state index contributed by atoms with van der Waals surface area (Å²) in [6.45, 7) is 16.0. The van der Waals surface area contributed by atoms with E-state index in [-0.39, 0.29) is 16.2 Å². The fourth-order valence-electron chi connectivity index (χ4n) is 6.41. The van der Waals surface area contributed by atoms with Gasteiger partial charge in [0.2, 0.25) is 0 Å². The maximum absolute atomic E-state index is 11.6. The number of para-hydroxylation sites is 1. The highest BCUT2D eigenvalue weighted by atomic mass is 16.1. The fraction of sp³-hybridized carbons (Fsp3) is 0.286. The molecule has 2 nitrogen and oxygen atoms in total. The van der Waals surface area contributed by atoms with Gasteiger partial charge in [-0.3, -0.25) is 4.79 Å². The van der Waals surface area contributed by atoms with Crippen molar-refractivity contribution in [1.82, 2.24) is 0 Å². The topological polar surface area (TPSA) is 20.3 Å². The van der Waals surface area contributed by atoms with Crippen LogP contribution in [0.5, 0.6) is 0 Å². The minimum absolute atomic E-state index is 0.106. The third-order valence-corrected chi connectivity index (χ3v) is 8.68. The molecule has 0 unspecified atom stereocenters. The predicted molar refractivity (Wildman–Crippen MR) is 155 cm³/mol. The van der Waals surface area contributed by atoms with Crippen molar-refractivity contribution in [2.75, 3.05) is 4.90 Å². The Labute approximate surface area is 221 Å². The van der Waals surface area contributed by atoms with Gasteiger partial charge >= 0.3 is 0 Å². The third kappa shape index (κ3) is 3.35. The van der Waals surface area contributed by atoms with E-state index < -0.39 is 0 Å². The van der Waals surface area contributed by atoms with Gasteiger partial charge in [-0.05, 0) is 80.8 Å². The molecule has 1 heterocycles. The van der Waals surface area contributed by atoms with E-state index in [4.69, 9.17) is 0 Å². The maximum Gasteiger partial charge on any atom is 0.150 e. The number of carbonyl (C=O) groups excluding carboxylic acids is 1. The summed E-state index contributed by atoms with van der Waals surface area (Å²) in [4.78, 5) is 14.0. The van der Waals surface area contributed by atoms with Crippen molar-refractivity contribution in [3.05, 3.63) is 112 Å². The normalized spacial score (nSPS) is 16.5. The molecule has 186 valence electrons. The lowest BCUT2D eigenvalue weighted by Gasteiger charge is -2.43. The molecule has 1 aliphatic carbocycles. The second-order valence-electron chi connectivity index (χ2n) is 12.7. The molecule has 0 radical (unpaired) electrons. The summed E-state index contributed by atoms with van der Waals surface area (Å²) in [7, 11) is 0. The van der Waals surface area contributed by atoms with E-state index in [0.717, 1.165) is 11.8 Å². The second kappa shape index (κ2) is 7.68. The molecule has 0 saturated heterocycles. The van der Waals surface area contributed by atoms with Crippen molar-refractivity contribution in [3.8, 4) is 11.1 Å². The Morgan fingerprint density at radius 2 is 1.30 bits per heavy atom. The molecule has 2 heteroatoms. The van der Waals surface area contributed by atoms with E-state index in [0.29, 0.717) is 0 Å². The van der Waals surface area contributed by atoms with Crippen LogP contribution in [-0.4, -0.2) is 6.29 Å². The SMILES string of the molecule is CC(C)(C)c1ccc(N2c3ccccc3C(C)(C)c3cc4c(cc32)C(C)(C)c2cc(C=O)ccc2-4)cc1. The van der Waals surface area contributed by atoms with Gasteiger partial charge in [0.25, 0.3) is 0 Å². The molecular formula is C35H35NO. The molecule has 0 aromatic heterocycles. The summed E-state index contributed by atoms with van der Waals surface area (Å²) in [6, 6.07) is 28.9. The van der Waals surface area contributed by atoms with Crippen LogP contribution in [0.3, 0.4) is 0 Å². The number of rotatable bonds is 2. The van der Waals surface area contributed by atoms with Crippen molar-refractivity contribution >= 4 is 23.3 Å². The average Bonchev–Trinajstić information content (AvgIpc) is 3.09. The van der Waals surface area contributed by atoms with Gasteiger partial charge in [-0.2, -0.15) is 0 Å². The molecule has 1 aliphatic heterocycles. The van der Waals surface area contributed by atoms with Crippen LogP contribution in [-0.2, 0) is 16.2 Å². The molecule has 37 heavy (non-hydrogen) atoms. The Hall–Kier alpha value is -3.65. The first-order chi connectivity index (χ1) is 17.4. The molecule has 0 saturated carbocycles. The standard InChI is InChI=1S/C35H35NO/c1-33(2,3)23-13-15-24(16-14-23)36-31-11-9-8-10-27(31)34(4,5)30-19-26-25-17-12-22(21-37)18-28(25)35(6,7)29(26)20-32(30)36/h8-21H,1-7H3. The van der Waals surface area contributed by atoms with E-state index in [9.17, 15) is 4.79 Å². The summed E-state index contributed by atoms with van der Waals surface area (Å²) in [5.74, 6) is 0. The smallest absolute Gasteiger partial charge is 0.150 e. The van der Waals surface area contributed by atoms with Crippen molar-refractivity contribution in [2.45, 2.75) is 64.7 Å². The summed E-state index contributed by atoms with van der Waals surface area (Å²) in [5, 5.41) is 0. The minimum Gasteiger partial charge on any atom is -0.310 e. The van der Waals surface area contributed by atoms with Gasteiger partial charge in [0.05, 0.1) is 11.4 Å². The highest BCUT2D eigenvalue weighted by Gasteiger charge is 2.42. The second-order valence-corrected chi connectivity index (χ2v) is 12.7. The Balaban J connectivity index is 1.62. The Morgan fingerprint density at radius 1 is 0.649 bits per heavy atom. The number of nitrogens with zero attached hydrogens (tertiary/aromatic N) is 1. The van der Waals surface area contributed by atoms with Crippen LogP contribution in [0.15, 0.2) is 78.9 Å². The van der Waals surface area contributed by atoms with Gasteiger partial charge in [-0.1, -0.05) is 90.9 Å². The lowest BCUT2D eigenvalue weighted by molar-refractivity contribution is 0.112. The van der Waals surface area contributed by atoms with E-state index >= 15 is 0 Å². The number of benzene rings is 4. The number of hydrogen-bond donors (Lipinski definition) is 0. The highest BCUT2D eigenvalue weighted by Crippen LogP contribution is 2.57.